The predicted octanol–water partition coefficient (Wildman–Crippen LogP) is 1.20. The van der Waals surface area contributed by atoms with Crippen LogP contribution in [0.5, 0.6) is 0 Å². The Morgan fingerprint density at radius 2 is 1.95 bits per heavy atom. The Morgan fingerprint density at radius 1 is 1.25 bits per heavy atom. The van der Waals surface area contributed by atoms with Crippen LogP contribution in [0.25, 0.3) is 16.9 Å². The van der Waals surface area contributed by atoms with Crippen LogP contribution in [-0.4, -0.2) is 30.7 Å². The number of aromatic amines is 1. The monoisotopic (exact) mass is 292 g/mol. The topological polar surface area (TPSA) is 100 Å². The SMILES string of the molecule is Cl.O=C(O)c1nc(-c2ccccc2)n2nc[nH]c(=O)c12. The fourth-order valence-corrected chi connectivity index (χ4v) is 1.87. The normalized spacial score (nSPS) is 10.2. The van der Waals surface area contributed by atoms with E-state index in [9.17, 15) is 9.59 Å². The molecule has 8 heteroatoms. The number of nitrogens with zero attached hydrogens (tertiary/aromatic N) is 3. The molecule has 3 aromatic rings. The fourth-order valence-electron chi connectivity index (χ4n) is 1.87. The summed E-state index contributed by atoms with van der Waals surface area (Å²) in [6.07, 6.45) is 1.20. The van der Waals surface area contributed by atoms with Crippen LogP contribution in [0.15, 0.2) is 41.5 Å². The number of nitrogens with one attached hydrogen (secondary N) is 1. The first-order valence-corrected chi connectivity index (χ1v) is 5.43. The molecule has 0 radical (unpaired) electrons. The average Bonchev–Trinajstić information content (AvgIpc) is 2.81. The van der Waals surface area contributed by atoms with Gasteiger partial charge in [0.1, 0.15) is 6.33 Å². The highest BCUT2D eigenvalue weighted by Gasteiger charge is 2.20. The number of carbonyl (C=O) groups is 1. The Balaban J connectivity index is 0.00000147. The molecule has 0 aliphatic heterocycles. The van der Waals surface area contributed by atoms with E-state index in [1.54, 1.807) is 24.3 Å². The number of carboxylic acids is 1. The van der Waals surface area contributed by atoms with Crippen molar-refractivity contribution in [3.63, 3.8) is 0 Å². The maximum atomic E-state index is 11.7. The number of rotatable bonds is 2. The number of imidazole rings is 1. The smallest absolute Gasteiger partial charge is 0.357 e. The lowest BCUT2D eigenvalue weighted by Gasteiger charge is -1.98. The predicted molar refractivity (Wildman–Crippen MR) is 73.3 cm³/mol. The number of H-pyrrole nitrogens is 1. The van der Waals surface area contributed by atoms with Gasteiger partial charge in [-0.1, -0.05) is 30.3 Å². The number of aromatic nitrogens is 4. The standard InChI is InChI=1S/C12H8N4O3.ClH/c17-11-9-8(12(18)19)15-10(16(9)14-6-13-11)7-4-2-1-3-5-7;/h1-6H,(H,18,19)(H,13,14,17);1H. The number of hydrogen-bond donors (Lipinski definition) is 2. The first-order valence-electron chi connectivity index (χ1n) is 5.43. The molecule has 2 heterocycles. The van der Waals surface area contributed by atoms with Crippen molar-refractivity contribution in [3.05, 3.63) is 52.7 Å². The van der Waals surface area contributed by atoms with Crippen molar-refractivity contribution >= 4 is 23.9 Å². The van der Waals surface area contributed by atoms with Gasteiger partial charge in [-0.2, -0.15) is 5.10 Å². The van der Waals surface area contributed by atoms with Crippen LogP contribution in [0.2, 0.25) is 0 Å². The lowest BCUT2D eigenvalue weighted by Crippen LogP contribution is -2.13. The number of fused-ring (bicyclic) bond motifs is 1. The van der Waals surface area contributed by atoms with Crippen molar-refractivity contribution in [3.8, 4) is 11.4 Å². The molecule has 3 rings (SSSR count). The lowest BCUT2D eigenvalue weighted by molar-refractivity contribution is 0.0693. The van der Waals surface area contributed by atoms with E-state index in [4.69, 9.17) is 5.11 Å². The van der Waals surface area contributed by atoms with Gasteiger partial charge in [0, 0.05) is 5.56 Å². The molecule has 0 unspecified atom stereocenters. The minimum atomic E-state index is -1.27. The number of benzene rings is 1. The summed E-state index contributed by atoms with van der Waals surface area (Å²) in [5.74, 6) is -0.947. The van der Waals surface area contributed by atoms with Gasteiger partial charge >= 0.3 is 5.97 Å². The molecule has 20 heavy (non-hydrogen) atoms. The molecule has 0 spiro atoms. The van der Waals surface area contributed by atoms with Crippen molar-refractivity contribution in [1.82, 2.24) is 19.6 Å². The van der Waals surface area contributed by atoms with Crippen LogP contribution in [0.3, 0.4) is 0 Å². The second-order valence-electron chi connectivity index (χ2n) is 3.83. The molecular weight excluding hydrogens is 284 g/mol. The van der Waals surface area contributed by atoms with Crippen LogP contribution in [0, 0.1) is 0 Å². The van der Waals surface area contributed by atoms with Gasteiger partial charge < -0.3 is 10.1 Å². The second kappa shape index (κ2) is 5.14. The minimum absolute atomic E-state index is 0. The number of hydrogen-bond acceptors (Lipinski definition) is 4. The molecular formula is C12H9ClN4O3. The first kappa shape index (κ1) is 13.8. The van der Waals surface area contributed by atoms with Crippen LogP contribution in [-0.2, 0) is 0 Å². The van der Waals surface area contributed by atoms with E-state index in [0.717, 1.165) is 0 Å². The zero-order chi connectivity index (χ0) is 13.4. The van der Waals surface area contributed by atoms with Gasteiger partial charge in [-0.25, -0.2) is 14.3 Å². The summed E-state index contributed by atoms with van der Waals surface area (Å²) in [6.45, 7) is 0. The minimum Gasteiger partial charge on any atom is -0.476 e. The van der Waals surface area contributed by atoms with E-state index in [-0.39, 0.29) is 23.6 Å². The molecule has 7 nitrogen and oxygen atoms in total. The largest absolute Gasteiger partial charge is 0.476 e. The van der Waals surface area contributed by atoms with E-state index in [0.29, 0.717) is 11.4 Å². The second-order valence-corrected chi connectivity index (χ2v) is 3.83. The quantitative estimate of drug-likeness (QED) is 0.739. The van der Waals surface area contributed by atoms with Crippen molar-refractivity contribution in [2.45, 2.75) is 0 Å². The summed E-state index contributed by atoms with van der Waals surface area (Å²) < 4.78 is 1.23. The van der Waals surface area contributed by atoms with Gasteiger partial charge in [0.05, 0.1) is 0 Å². The molecule has 0 saturated heterocycles. The fraction of sp³-hybridized carbons (Fsp3) is 0. The Labute approximate surface area is 118 Å². The molecule has 0 bridgehead atoms. The molecule has 102 valence electrons. The van der Waals surface area contributed by atoms with E-state index >= 15 is 0 Å². The van der Waals surface area contributed by atoms with Crippen molar-refractivity contribution in [2.24, 2.45) is 0 Å². The number of halogens is 1. The molecule has 0 amide bonds. The van der Waals surface area contributed by atoms with Crippen LogP contribution < -0.4 is 5.56 Å². The number of aromatic carboxylic acids is 1. The van der Waals surface area contributed by atoms with Crippen molar-refractivity contribution in [1.29, 1.82) is 0 Å². The molecule has 2 N–H and O–H groups in total. The average molecular weight is 293 g/mol. The van der Waals surface area contributed by atoms with E-state index < -0.39 is 11.5 Å². The van der Waals surface area contributed by atoms with Crippen molar-refractivity contribution < 1.29 is 9.90 Å². The van der Waals surface area contributed by atoms with E-state index in [1.165, 1.54) is 10.8 Å². The van der Waals surface area contributed by atoms with Crippen LogP contribution in [0.4, 0.5) is 0 Å². The Hall–Kier alpha value is -2.67. The van der Waals surface area contributed by atoms with Gasteiger partial charge in [0.25, 0.3) is 5.56 Å². The van der Waals surface area contributed by atoms with Gasteiger partial charge in [0.2, 0.25) is 0 Å². The summed E-state index contributed by atoms with van der Waals surface area (Å²) in [7, 11) is 0. The Morgan fingerprint density at radius 3 is 2.60 bits per heavy atom. The third kappa shape index (κ3) is 2.04. The molecule has 2 aromatic heterocycles. The lowest BCUT2D eigenvalue weighted by atomic mass is 10.2. The summed E-state index contributed by atoms with van der Waals surface area (Å²) in [6, 6.07) is 8.96. The highest BCUT2D eigenvalue weighted by Crippen LogP contribution is 2.19. The zero-order valence-electron chi connectivity index (χ0n) is 9.98. The first-order chi connectivity index (χ1) is 9.18. The van der Waals surface area contributed by atoms with E-state index in [1.807, 2.05) is 6.07 Å². The van der Waals surface area contributed by atoms with Gasteiger partial charge in [0.15, 0.2) is 17.0 Å². The summed E-state index contributed by atoms with van der Waals surface area (Å²) >= 11 is 0. The molecule has 0 aliphatic rings. The summed E-state index contributed by atoms with van der Waals surface area (Å²) in [4.78, 5) is 29.2. The Kier molecular flexibility index (Phi) is 3.53. The summed E-state index contributed by atoms with van der Waals surface area (Å²) in [5, 5.41) is 13.1. The molecule has 0 atom stereocenters. The van der Waals surface area contributed by atoms with Gasteiger partial charge in [-0.3, -0.25) is 4.79 Å². The Bertz CT molecular complexity index is 826. The maximum absolute atomic E-state index is 11.7. The molecule has 1 aromatic carbocycles. The van der Waals surface area contributed by atoms with Crippen LogP contribution >= 0.6 is 12.4 Å². The van der Waals surface area contributed by atoms with Gasteiger partial charge in [-0.05, 0) is 0 Å². The van der Waals surface area contributed by atoms with Crippen LogP contribution in [0.1, 0.15) is 10.5 Å². The van der Waals surface area contributed by atoms with Gasteiger partial charge in [-0.15, -0.1) is 12.4 Å². The zero-order valence-corrected chi connectivity index (χ0v) is 10.8. The number of carboxylic acid groups (broad SMARTS) is 1. The molecule has 0 saturated carbocycles. The highest BCUT2D eigenvalue weighted by atomic mass is 35.5. The third-order valence-electron chi connectivity index (χ3n) is 2.67. The third-order valence-corrected chi connectivity index (χ3v) is 2.67. The van der Waals surface area contributed by atoms with Crippen molar-refractivity contribution in [2.75, 3.05) is 0 Å². The molecule has 0 aliphatic carbocycles. The summed E-state index contributed by atoms with van der Waals surface area (Å²) in [5.41, 5.74) is -0.243. The molecule has 0 fully saturated rings. The maximum Gasteiger partial charge on any atom is 0.357 e. The van der Waals surface area contributed by atoms with E-state index in [2.05, 4.69) is 15.1 Å². The highest BCUT2D eigenvalue weighted by molar-refractivity contribution is 5.94.